The van der Waals surface area contributed by atoms with Crippen molar-refractivity contribution in [3.63, 3.8) is 0 Å². The molecule has 2 aromatic rings. The minimum Gasteiger partial charge on any atom is -0.496 e. The molecule has 5 aliphatic carbocycles. The maximum Gasteiger partial charge on any atom is 0.310 e. The van der Waals surface area contributed by atoms with Crippen LogP contribution in [0.2, 0.25) is 0 Å². The second-order valence-electron chi connectivity index (χ2n) is 11.6. The molecule has 2 saturated carbocycles. The highest BCUT2D eigenvalue weighted by Crippen LogP contribution is 2.65. The summed E-state index contributed by atoms with van der Waals surface area (Å²) in [6, 6.07) is 9.20. The molecule has 6 bridgehead atoms. The van der Waals surface area contributed by atoms with E-state index in [0.717, 1.165) is 67.6 Å². The molecule has 0 heterocycles. The maximum atomic E-state index is 13.6. The summed E-state index contributed by atoms with van der Waals surface area (Å²) in [5.41, 5.74) is 7.10. The number of aryl methyl sites for hydroxylation is 2. The third kappa shape index (κ3) is 4.13. The molecule has 6 heteroatoms. The maximum absolute atomic E-state index is 13.6. The number of carbonyl (C=O) groups excluding carboxylic acids is 2. The van der Waals surface area contributed by atoms with E-state index in [1.807, 2.05) is 13.8 Å². The molecule has 2 aromatic carbocycles. The van der Waals surface area contributed by atoms with E-state index in [1.165, 1.54) is 22.3 Å². The van der Waals surface area contributed by atoms with E-state index in [-0.39, 0.29) is 37.0 Å². The molecule has 208 valence electrons. The molecule has 0 aliphatic heterocycles. The van der Waals surface area contributed by atoms with Gasteiger partial charge in [0.25, 0.3) is 0 Å². The van der Waals surface area contributed by atoms with Crippen LogP contribution in [0.15, 0.2) is 24.3 Å². The van der Waals surface area contributed by atoms with Crippen LogP contribution in [0.1, 0.15) is 103 Å². The lowest BCUT2D eigenvalue weighted by Crippen LogP contribution is -2.52. The average Bonchev–Trinajstić information content (AvgIpc) is 2.87. The first-order valence-electron chi connectivity index (χ1n) is 14.8. The molecule has 2 unspecified atom stereocenters. The van der Waals surface area contributed by atoms with E-state index < -0.39 is 11.8 Å². The number of hydrogen-bond acceptors (Lipinski definition) is 6. The molecule has 2 fully saturated rings. The summed E-state index contributed by atoms with van der Waals surface area (Å²) in [5.74, 6) is -0.131. The highest BCUT2D eigenvalue weighted by atomic mass is 16.5. The average molecular weight is 533 g/mol. The lowest BCUT2D eigenvalue weighted by molar-refractivity contribution is -0.171. The fourth-order valence-corrected chi connectivity index (χ4v) is 7.95. The molecule has 7 rings (SSSR count). The van der Waals surface area contributed by atoms with Crippen molar-refractivity contribution >= 4 is 11.9 Å². The summed E-state index contributed by atoms with van der Waals surface area (Å²) in [5, 5.41) is 0. The molecule has 0 radical (unpaired) electrons. The highest BCUT2D eigenvalue weighted by Gasteiger charge is 2.62. The van der Waals surface area contributed by atoms with Crippen LogP contribution in [0.25, 0.3) is 0 Å². The van der Waals surface area contributed by atoms with Crippen molar-refractivity contribution in [1.29, 1.82) is 0 Å². The smallest absolute Gasteiger partial charge is 0.310 e. The van der Waals surface area contributed by atoms with Gasteiger partial charge in [0.2, 0.25) is 0 Å². The second-order valence-corrected chi connectivity index (χ2v) is 11.6. The van der Waals surface area contributed by atoms with E-state index in [9.17, 15) is 9.59 Å². The Kier molecular flexibility index (Phi) is 7.07. The van der Waals surface area contributed by atoms with Gasteiger partial charge in [0, 0.05) is 11.8 Å². The molecule has 0 N–H and O–H groups in total. The number of fused-ring (bicyclic) bond motifs is 4. The third-order valence-corrected chi connectivity index (χ3v) is 9.71. The van der Waals surface area contributed by atoms with Crippen molar-refractivity contribution in [2.75, 3.05) is 27.4 Å². The summed E-state index contributed by atoms with van der Waals surface area (Å²) in [4.78, 5) is 27.2. The Balaban J connectivity index is 1.67. The Hall–Kier alpha value is -3.02. The summed E-state index contributed by atoms with van der Waals surface area (Å²) in [7, 11) is 3.48. The van der Waals surface area contributed by atoms with Gasteiger partial charge in [-0.25, -0.2) is 0 Å². The molecule has 5 aliphatic rings. The molecular formula is C33H40O6. The molecule has 6 atom stereocenters. The molecule has 39 heavy (non-hydrogen) atoms. The van der Waals surface area contributed by atoms with Gasteiger partial charge in [-0.05, 0) is 97.6 Å². The van der Waals surface area contributed by atoms with E-state index in [1.54, 1.807) is 14.2 Å². The number of ether oxygens (including phenoxy) is 4. The van der Waals surface area contributed by atoms with Crippen molar-refractivity contribution in [3.05, 3.63) is 57.6 Å². The Bertz CT molecular complexity index is 1180. The van der Waals surface area contributed by atoms with E-state index in [2.05, 4.69) is 24.3 Å². The van der Waals surface area contributed by atoms with Crippen molar-refractivity contribution in [3.8, 4) is 11.5 Å². The largest absolute Gasteiger partial charge is 0.496 e. The number of carbonyl (C=O) groups is 2. The fraction of sp³-hybridized carbons (Fsp3) is 0.576. The van der Waals surface area contributed by atoms with Crippen molar-refractivity contribution in [1.82, 2.24) is 0 Å². The van der Waals surface area contributed by atoms with Gasteiger partial charge in [-0.1, -0.05) is 30.7 Å². The van der Waals surface area contributed by atoms with Crippen LogP contribution in [0.4, 0.5) is 0 Å². The Morgan fingerprint density at radius 3 is 1.44 bits per heavy atom. The van der Waals surface area contributed by atoms with Crippen molar-refractivity contribution in [2.24, 2.45) is 11.8 Å². The summed E-state index contributed by atoms with van der Waals surface area (Å²) >= 11 is 0. The lowest BCUT2D eigenvalue weighted by atomic mass is 9.51. The van der Waals surface area contributed by atoms with E-state index >= 15 is 0 Å². The van der Waals surface area contributed by atoms with Crippen LogP contribution in [0.3, 0.4) is 0 Å². The van der Waals surface area contributed by atoms with Crippen LogP contribution in [0, 0.1) is 11.8 Å². The number of methoxy groups -OCH3 is 2. The quantitative estimate of drug-likeness (QED) is 0.414. The monoisotopic (exact) mass is 532 g/mol. The van der Waals surface area contributed by atoms with Crippen molar-refractivity contribution in [2.45, 2.75) is 82.5 Å². The first-order valence-corrected chi connectivity index (χ1v) is 14.8. The Labute approximate surface area is 231 Å². The van der Waals surface area contributed by atoms with Gasteiger partial charge in [-0.15, -0.1) is 0 Å². The van der Waals surface area contributed by atoms with Gasteiger partial charge in [-0.3, -0.25) is 9.59 Å². The van der Waals surface area contributed by atoms with Crippen LogP contribution >= 0.6 is 0 Å². The lowest BCUT2D eigenvalue weighted by Gasteiger charge is -2.51. The zero-order chi connectivity index (χ0) is 27.3. The predicted molar refractivity (Wildman–Crippen MR) is 148 cm³/mol. The molecular weight excluding hydrogens is 492 g/mol. The molecule has 6 nitrogen and oxygen atoms in total. The SMILES string of the molecule is CCOC(=O)[C@@H]1[C@H](C(=O)OCC)[C@H]2c3cc4cc(c3OC)C3CCC3c3cc(cc(c3OC)[C@@H]12)CCCCC4. The summed E-state index contributed by atoms with van der Waals surface area (Å²) in [6.07, 6.45) is 7.57. The van der Waals surface area contributed by atoms with Gasteiger partial charge >= 0.3 is 11.9 Å². The van der Waals surface area contributed by atoms with Gasteiger partial charge in [0.15, 0.2) is 0 Å². The van der Waals surface area contributed by atoms with Gasteiger partial charge in [0.05, 0.1) is 39.3 Å². The normalized spacial score (nSPS) is 28.2. The van der Waals surface area contributed by atoms with E-state index in [4.69, 9.17) is 18.9 Å². The molecule has 0 saturated heterocycles. The number of esters is 2. The number of hydrogen-bond donors (Lipinski definition) is 0. The first kappa shape index (κ1) is 26.2. The van der Waals surface area contributed by atoms with Crippen LogP contribution in [0.5, 0.6) is 11.5 Å². The zero-order valence-corrected chi connectivity index (χ0v) is 23.6. The zero-order valence-electron chi connectivity index (χ0n) is 23.6. The third-order valence-electron chi connectivity index (χ3n) is 9.71. The van der Waals surface area contributed by atoms with Crippen molar-refractivity contribution < 1.29 is 28.5 Å². The first-order chi connectivity index (χ1) is 19.0. The van der Waals surface area contributed by atoms with Gasteiger partial charge in [0.1, 0.15) is 11.5 Å². The minimum atomic E-state index is -0.649. The summed E-state index contributed by atoms with van der Waals surface area (Å²) < 4.78 is 23.6. The fourth-order valence-electron chi connectivity index (χ4n) is 7.95. The molecule has 0 amide bonds. The number of benzene rings is 2. The van der Waals surface area contributed by atoms with Crippen LogP contribution in [-0.2, 0) is 31.9 Å². The number of rotatable bonds is 6. The predicted octanol–water partition coefficient (Wildman–Crippen LogP) is 6.19. The van der Waals surface area contributed by atoms with Gasteiger partial charge < -0.3 is 18.9 Å². The topological polar surface area (TPSA) is 71.1 Å². The minimum absolute atomic E-state index is 0.261. The molecule has 0 aromatic heterocycles. The van der Waals surface area contributed by atoms with Gasteiger partial charge in [-0.2, -0.15) is 0 Å². The standard InChI is InChI=1S/C33H40O6/c1-5-38-32(34)28-26-24-16-18-10-8-7-9-11-19-15-23(21-13-12-20(21)22(14-18)30(24)36-3)31(37-4)25(17-19)27(26)29(28)33(35)39-6-2/h14-17,20-21,26-29H,5-13H2,1-4H3/t20?,21?,26-,27+,28+,29-. The Morgan fingerprint density at radius 1 is 0.667 bits per heavy atom. The summed E-state index contributed by atoms with van der Waals surface area (Å²) in [6.45, 7) is 4.14. The van der Waals surface area contributed by atoms with Crippen LogP contribution in [-0.4, -0.2) is 39.4 Å². The Morgan fingerprint density at radius 2 is 1.08 bits per heavy atom. The van der Waals surface area contributed by atoms with E-state index in [0.29, 0.717) is 11.8 Å². The highest BCUT2D eigenvalue weighted by molar-refractivity contribution is 5.88. The second kappa shape index (κ2) is 10.5. The molecule has 0 spiro atoms. The van der Waals surface area contributed by atoms with Crippen LogP contribution < -0.4 is 9.47 Å².